The molecule has 0 fully saturated rings. The summed E-state index contributed by atoms with van der Waals surface area (Å²) in [7, 11) is 0. The van der Waals surface area contributed by atoms with E-state index in [2.05, 4.69) is 34.9 Å². The second kappa shape index (κ2) is 7.95. The third-order valence-corrected chi connectivity index (χ3v) is 6.62. The van der Waals surface area contributed by atoms with Crippen molar-refractivity contribution in [2.45, 2.75) is 31.7 Å². The van der Waals surface area contributed by atoms with E-state index in [9.17, 15) is 9.59 Å². The Bertz CT molecular complexity index is 1110. The van der Waals surface area contributed by atoms with Crippen LogP contribution in [0.5, 0.6) is 5.75 Å². The fourth-order valence-electron chi connectivity index (χ4n) is 4.14. The number of carbonyl (C=O) groups is 2. The van der Waals surface area contributed by atoms with Crippen LogP contribution in [0, 0.1) is 0 Å². The Balaban J connectivity index is 1.44. The van der Waals surface area contributed by atoms with Gasteiger partial charge in [-0.2, -0.15) is 0 Å². The summed E-state index contributed by atoms with van der Waals surface area (Å²) in [6.45, 7) is -0.0367. The van der Waals surface area contributed by atoms with Crippen LogP contribution in [0.15, 0.2) is 53.9 Å². The number of aryl methyl sites for hydroxylation is 2. The summed E-state index contributed by atoms with van der Waals surface area (Å²) in [5, 5.41) is 7.98. The number of carbonyl (C=O) groups excluding carboxylic acids is 2. The number of amides is 2. The highest BCUT2D eigenvalue weighted by atomic mass is 32.1. The molecule has 0 radical (unpaired) electrons. The molecule has 0 spiro atoms. The van der Waals surface area contributed by atoms with E-state index >= 15 is 0 Å². The fraction of sp³-hybridized carbons (Fsp3) is 0.250. The zero-order valence-corrected chi connectivity index (χ0v) is 17.3. The standard InChI is InChI=1S/C24H22N2O3S/c27-22-14-29-20-13-18(9-10-19(20)25-22)24(28)26-23(21-6-3-11-30-21)17-8-7-15-4-1-2-5-16(15)12-17/h3,6-13,23H,1-2,4-5,14H2,(H,25,27)(H,26,28). The molecule has 6 heteroatoms. The molecule has 1 aliphatic carbocycles. The van der Waals surface area contributed by atoms with Crippen molar-refractivity contribution in [3.05, 3.63) is 81.0 Å². The van der Waals surface area contributed by atoms with Crippen LogP contribution in [0.2, 0.25) is 0 Å². The van der Waals surface area contributed by atoms with Crippen LogP contribution in [0.4, 0.5) is 5.69 Å². The van der Waals surface area contributed by atoms with Gasteiger partial charge in [-0.3, -0.25) is 9.59 Å². The Morgan fingerprint density at radius 2 is 1.93 bits per heavy atom. The van der Waals surface area contributed by atoms with Crippen molar-refractivity contribution in [1.82, 2.24) is 5.32 Å². The van der Waals surface area contributed by atoms with E-state index in [4.69, 9.17) is 4.74 Å². The molecule has 5 rings (SSSR count). The average Bonchev–Trinajstić information content (AvgIpc) is 3.31. The molecule has 2 aliphatic rings. The average molecular weight is 419 g/mol. The van der Waals surface area contributed by atoms with Crippen molar-refractivity contribution in [3.63, 3.8) is 0 Å². The quantitative estimate of drug-likeness (QED) is 0.657. The Hall–Kier alpha value is -3.12. The normalized spacial score (nSPS) is 15.9. The summed E-state index contributed by atoms with van der Waals surface area (Å²) < 4.78 is 5.46. The number of hydrogen-bond donors (Lipinski definition) is 2. The second-order valence-electron chi connectivity index (χ2n) is 7.70. The molecule has 2 amide bonds. The highest BCUT2D eigenvalue weighted by Gasteiger charge is 2.23. The van der Waals surface area contributed by atoms with Gasteiger partial charge < -0.3 is 15.4 Å². The Kier molecular flexibility index (Phi) is 5.01. The lowest BCUT2D eigenvalue weighted by Crippen LogP contribution is -2.30. The summed E-state index contributed by atoms with van der Waals surface area (Å²) in [6.07, 6.45) is 4.70. The maximum atomic E-state index is 13.1. The maximum absolute atomic E-state index is 13.1. The number of thiophene rings is 1. The van der Waals surface area contributed by atoms with E-state index < -0.39 is 0 Å². The Labute approximate surface area is 179 Å². The second-order valence-corrected chi connectivity index (χ2v) is 8.68. The van der Waals surface area contributed by atoms with Gasteiger partial charge >= 0.3 is 0 Å². The zero-order chi connectivity index (χ0) is 20.5. The van der Waals surface area contributed by atoms with Gasteiger partial charge in [0.2, 0.25) is 0 Å². The highest BCUT2D eigenvalue weighted by molar-refractivity contribution is 7.10. The molecule has 0 saturated carbocycles. The van der Waals surface area contributed by atoms with E-state index in [1.807, 2.05) is 11.4 Å². The molecule has 0 bridgehead atoms. The molecule has 1 aliphatic heterocycles. The largest absolute Gasteiger partial charge is 0.482 e. The molecule has 5 nitrogen and oxygen atoms in total. The first-order valence-corrected chi connectivity index (χ1v) is 11.1. The monoisotopic (exact) mass is 418 g/mol. The summed E-state index contributed by atoms with van der Waals surface area (Å²) in [6, 6.07) is 15.6. The molecule has 1 unspecified atom stereocenters. The van der Waals surface area contributed by atoms with Crippen LogP contribution in [0.25, 0.3) is 0 Å². The van der Waals surface area contributed by atoms with Crippen molar-refractivity contribution in [2.24, 2.45) is 0 Å². The van der Waals surface area contributed by atoms with Gasteiger partial charge in [-0.05, 0) is 72.0 Å². The molecule has 152 valence electrons. The number of hydrogen-bond acceptors (Lipinski definition) is 4. The molecule has 0 saturated heterocycles. The van der Waals surface area contributed by atoms with Crippen LogP contribution in [-0.2, 0) is 17.6 Å². The predicted octanol–water partition coefficient (Wildman–Crippen LogP) is 4.48. The van der Waals surface area contributed by atoms with Crippen LogP contribution >= 0.6 is 11.3 Å². The third-order valence-electron chi connectivity index (χ3n) is 5.69. The van der Waals surface area contributed by atoms with E-state index in [0.29, 0.717) is 17.0 Å². The number of ether oxygens (including phenoxy) is 1. The van der Waals surface area contributed by atoms with E-state index in [0.717, 1.165) is 23.3 Å². The summed E-state index contributed by atoms with van der Waals surface area (Å²) >= 11 is 1.64. The molecule has 3 aromatic rings. The van der Waals surface area contributed by atoms with Crippen molar-refractivity contribution in [1.29, 1.82) is 0 Å². The molecule has 1 aromatic heterocycles. The molecule has 2 aromatic carbocycles. The molecule has 2 heterocycles. The lowest BCUT2D eigenvalue weighted by Gasteiger charge is -2.23. The van der Waals surface area contributed by atoms with Crippen LogP contribution in [-0.4, -0.2) is 18.4 Å². The SMILES string of the molecule is O=C1COc2cc(C(=O)NC(c3ccc4c(c3)CCCC4)c3cccs3)ccc2N1. The van der Waals surface area contributed by atoms with Gasteiger partial charge in [0.05, 0.1) is 11.7 Å². The smallest absolute Gasteiger partial charge is 0.262 e. The topological polar surface area (TPSA) is 67.4 Å². The lowest BCUT2D eigenvalue weighted by molar-refractivity contribution is -0.118. The van der Waals surface area contributed by atoms with Crippen molar-refractivity contribution in [2.75, 3.05) is 11.9 Å². The third kappa shape index (κ3) is 3.71. The first-order chi connectivity index (χ1) is 14.7. The number of rotatable bonds is 4. The van der Waals surface area contributed by atoms with Gasteiger partial charge in [0.1, 0.15) is 5.75 Å². The van der Waals surface area contributed by atoms with E-state index in [1.54, 1.807) is 29.5 Å². The lowest BCUT2D eigenvalue weighted by atomic mass is 9.89. The van der Waals surface area contributed by atoms with E-state index in [-0.39, 0.29) is 24.5 Å². The maximum Gasteiger partial charge on any atom is 0.262 e. The number of nitrogens with one attached hydrogen (secondary N) is 2. The first-order valence-electron chi connectivity index (χ1n) is 10.2. The zero-order valence-electron chi connectivity index (χ0n) is 16.4. The first kappa shape index (κ1) is 18.9. The van der Waals surface area contributed by atoms with Crippen molar-refractivity contribution in [3.8, 4) is 5.75 Å². The van der Waals surface area contributed by atoms with Gasteiger partial charge in [-0.25, -0.2) is 0 Å². The minimum absolute atomic E-state index is 0.0367. The summed E-state index contributed by atoms with van der Waals surface area (Å²) in [5.74, 6) is 0.156. The number of fused-ring (bicyclic) bond motifs is 2. The van der Waals surface area contributed by atoms with Gasteiger partial charge in [0.15, 0.2) is 6.61 Å². The fourth-order valence-corrected chi connectivity index (χ4v) is 4.94. The van der Waals surface area contributed by atoms with E-state index in [1.165, 1.54) is 24.0 Å². The minimum Gasteiger partial charge on any atom is -0.482 e. The number of benzene rings is 2. The Morgan fingerprint density at radius 1 is 1.07 bits per heavy atom. The van der Waals surface area contributed by atoms with Crippen LogP contribution < -0.4 is 15.4 Å². The van der Waals surface area contributed by atoms with Crippen molar-refractivity contribution < 1.29 is 14.3 Å². The molecule has 2 N–H and O–H groups in total. The summed E-state index contributed by atoms with van der Waals surface area (Å²) in [5.41, 5.74) is 5.02. The molecular formula is C24H22N2O3S. The Morgan fingerprint density at radius 3 is 2.77 bits per heavy atom. The molecule has 1 atom stereocenters. The predicted molar refractivity (Wildman–Crippen MR) is 117 cm³/mol. The molecular weight excluding hydrogens is 396 g/mol. The van der Waals surface area contributed by atoms with Gasteiger partial charge in [-0.15, -0.1) is 11.3 Å². The van der Waals surface area contributed by atoms with Crippen molar-refractivity contribution >= 4 is 28.8 Å². The van der Waals surface area contributed by atoms with Crippen LogP contribution in [0.3, 0.4) is 0 Å². The van der Waals surface area contributed by atoms with Gasteiger partial charge in [0.25, 0.3) is 11.8 Å². The highest BCUT2D eigenvalue weighted by Crippen LogP contribution is 2.32. The summed E-state index contributed by atoms with van der Waals surface area (Å²) in [4.78, 5) is 25.7. The number of anilines is 1. The van der Waals surface area contributed by atoms with Gasteiger partial charge in [-0.1, -0.05) is 24.3 Å². The minimum atomic E-state index is -0.207. The van der Waals surface area contributed by atoms with Gasteiger partial charge in [0, 0.05) is 10.4 Å². The molecule has 30 heavy (non-hydrogen) atoms. The van der Waals surface area contributed by atoms with Crippen LogP contribution in [0.1, 0.15) is 50.8 Å².